The van der Waals surface area contributed by atoms with Crippen molar-refractivity contribution in [2.75, 3.05) is 19.7 Å². The van der Waals surface area contributed by atoms with Crippen LogP contribution in [0.25, 0.3) is 0 Å². The zero-order valence-electron chi connectivity index (χ0n) is 10.3. The molecule has 17 heavy (non-hydrogen) atoms. The second kappa shape index (κ2) is 7.13. The van der Waals surface area contributed by atoms with Gasteiger partial charge in [0.05, 0.1) is 0 Å². The summed E-state index contributed by atoms with van der Waals surface area (Å²) in [6.07, 6.45) is 8.38. The Morgan fingerprint density at radius 2 is 2.06 bits per heavy atom. The fraction of sp³-hybridized carbons (Fsp3) is 0.467. The first kappa shape index (κ1) is 12.2. The molecule has 0 fully saturated rings. The van der Waals surface area contributed by atoms with Gasteiger partial charge in [-0.25, -0.2) is 0 Å². The number of para-hydroxylation sites is 1. The lowest BCUT2D eigenvalue weighted by Crippen LogP contribution is -2.27. The molecule has 0 saturated carbocycles. The van der Waals surface area contributed by atoms with Gasteiger partial charge >= 0.3 is 0 Å². The van der Waals surface area contributed by atoms with Crippen molar-refractivity contribution in [3.63, 3.8) is 0 Å². The molecule has 0 amide bonds. The molecule has 0 aromatic heterocycles. The smallest absolute Gasteiger partial charge is 0.119 e. The number of benzene rings is 1. The van der Waals surface area contributed by atoms with Gasteiger partial charge in [-0.2, -0.15) is 0 Å². The average Bonchev–Trinajstić information content (AvgIpc) is 2.41. The van der Waals surface area contributed by atoms with Crippen LogP contribution in [0.5, 0.6) is 5.75 Å². The average molecular weight is 231 g/mol. The van der Waals surface area contributed by atoms with Gasteiger partial charge < -0.3 is 10.1 Å². The van der Waals surface area contributed by atoms with Gasteiger partial charge in [0, 0.05) is 6.54 Å². The topological polar surface area (TPSA) is 21.3 Å². The van der Waals surface area contributed by atoms with Crippen LogP contribution in [0.15, 0.2) is 42.5 Å². The molecule has 92 valence electrons. The van der Waals surface area contributed by atoms with E-state index in [2.05, 4.69) is 17.5 Å². The summed E-state index contributed by atoms with van der Waals surface area (Å²) in [5.41, 5.74) is 0. The van der Waals surface area contributed by atoms with Crippen molar-refractivity contribution in [1.82, 2.24) is 5.32 Å². The number of hydrogen-bond acceptors (Lipinski definition) is 2. The third-order valence-electron chi connectivity index (χ3n) is 3.10. The first-order valence-corrected chi connectivity index (χ1v) is 6.49. The maximum Gasteiger partial charge on any atom is 0.119 e. The van der Waals surface area contributed by atoms with Gasteiger partial charge in [0.2, 0.25) is 0 Å². The first-order chi connectivity index (χ1) is 8.45. The van der Waals surface area contributed by atoms with Crippen molar-refractivity contribution in [1.29, 1.82) is 0 Å². The molecule has 1 aliphatic rings. The molecule has 1 N–H and O–H groups in total. The summed E-state index contributed by atoms with van der Waals surface area (Å²) in [4.78, 5) is 0. The van der Waals surface area contributed by atoms with E-state index in [1.165, 1.54) is 19.3 Å². The van der Waals surface area contributed by atoms with E-state index in [9.17, 15) is 0 Å². The molecule has 1 aromatic rings. The lowest BCUT2D eigenvalue weighted by molar-refractivity contribution is 0.306. The minimum atomic E-state index is 0.743. The Balaban J connectivity index is 1.53. The highest BCUT2D eigenvalue weighted by molar-refractivity contribution is 5.20. The lowest BCUT2D eigenvalue weighted by atomic mass is 9.94. The van der Waals surface area contributed by atoms with Crippen LogP contribution in [0, 0.1) is 5.92 Å². The summed E-state index contributed by atoms with van der Waals surface area (Å²) in [6, 6.07) is 9.98. The highest BCUT2D eigenvalue weighted by Crippen LogP contribution is 2.16. The summed E-state index contributed by atoms with van der Waals surface area (Å²) >= 11 is 0. The van der Waals surface area contributed by atoms with Crippen LogP contribution in [0.2, 0.25) is 0 Å². The highest BCUT2D eigenvalue weighted by atomic mass is 16.5. The molecule has 0 aliphatic heterocycles. The Morgan fingerprint density at radius 1 is 1.18 bits per heavy atom. The van der Waals surface area contributed by atoms with E-state index >= 15 is 0 Å². The molecular formula is C15H21NO. The molecule has 1 atom stereocenters. The third kappa shape index (κ3) is 4.61. The van der Waals surface area contributed by atoms with Crippen molar-refractivity contribution in [2.45, 2.75) is 19.3 Å². The number of rotatable bonds is 6. The first-order valence-electron chi connectivity index (χ1n) is 6.49. The number of hydrogen-bond donors (Lipinski definition) is 1. The molecule has 2 rings (SSSR count). The molecule has 0 bridgehead atoms. The molecule has 2 heteroatoms. The lowest BCUT2D eigenvalue weighted by Gasteiger charge is -2.18. The van der Waals surface area contributed by atoms with Crippen molar-refractivity contribution in [2.24, 2.45) is 5.92 Å². The predicted molar refractivity (Wildman–Crippen MR) is 71.3 cm³/mol. The predicted octanol–water partition coefficient (Wildman–Crippen LogP) is 3.01. The molecule has 0 heterocycles. The molecule has 2 nitrogen and oxygen atoms in total. The number of allylic oxidation sites excluding steroid dienone is 2. The Morgan fingerprint density at radius 3 is 2.82 bits per heavy atom. The molecule has 1 aromatic carbocycles. The van der Waals surface area contributed by atoms with Crippen LogP contribution in [0.4, 0.5) is 0 Å². The van der Waals surface area contributed by atoms with E-state index in [0.29, 0.717) is 0 Å². The molecule has 0 saturated heterocycles. The Bertz CT molecular complexity index is 334. The van der Waals surface area contributed by atoms with Gasteiger partial charge in [-0.15, -0.1) is 0 Å². The fourth-order valence-electron chi connectivity index (χ4n) is 2.11. The van der Waals surface area contributed by atoms with Gasteiger partial charge in [0.15, 0.2) is 0 Å². The minimum absolute atomic E-state index is 0.743. The van der Waals surface area contributed by atoms with E-state index in [0.717, 1.165) is 31.4 Å². The van der Waals surface area contributed by atoms with Gasteiger partial charge in [0.25, 0.3) is 0 Å². The van der Waals surface area contributed by atoms with Crippen LogP contribution < -0.4 is 10.1 Å². The van der Waals surface area contributed by atoms with Crippen LogP contribution in [0.1, 0.15) is 19.3 Å². The monoisotopic (exact) mass is 231 g/mol. The Kier molecular flexibility index (Phi) is 5.11. The van der Waals surface area contributed by atoms with E-state index in [-0.39, 0.29) is 0 Å². The third-order valence-corrected chi connectivity index (χ3v) is 3.10. The maximum absolute atomic E-state index is 5.62. The van der Waals surface area contributed by atoms with Crippen molar-refractivity contribution in [3.05, 3.63) is 42.5 Å². The summed E-state index contributed by atoms with van der Waals surface area (Å²) in [7, 11) is 0. The van der Waals surface area contributed by atoms with Crippen LogP contribution in [-0.2, 0) is 0 Å². The zero-order chi connectivity index (χ0) is 11.8. The molecular weight excluding hydrogens is 210 g/mol. The summed E-state index contributed by atoms with van der Waals surface area (Å²) < 4.78 is 5.62. The molecule has 0 spiro atoms. The van der Waals surface area contributed by atoms with E-state index in [1.54, 1.807) is 0 Å². The maximum atomic E-state index is 5.62. The number of ether oxygens (including phenoxy) is 1. The summed E-state index contributed by atoms with van der Waals surface area (Å²) in [5, 5.41) is 3.47. The van der Waals surface area contributed by atoms with E-state index < -0.39 is 0 Å². The van der Waals surface area contributed by atoms with Crippen molar-refractivity contribution in [3.8, 4) is 5.75 Å². The largest absolute Gasteiger partial charge is 0.492 e. The molecule has 1 aliphatic carbocycles. The van der Waals surface area contributed by atoms with Gasteiger partial charge in [-0.1, -0.05) is 30.4 Å². The SMILES string of the molecule is C1=CCC(CNCCOc2ccccc2)CC1. The second-order valence-electron chi connectivity index (χ2n) is 4.52. The van der Waals surface area contributed by atoms with E-state index in [1.807, 2.05) is 30.3 Å². The summed E-state index contributed by atoms with van der Waals surface area (Å²) in [5.74, 6) is 1.77. The van der Waals surface area contributed by atoms with Crippen LogP contribution in [0.3, 0.4) is 0 Å². The normalized spacial score (nSPS) is 19.2. The van der Waals surface area contributed by atoms with Gasteiger partial charge in [0.1, 0.15) is 12.4 Å². The zero-order valence-corrected chi connectivity index (χ0v) is 10.3. The minimum Gasteiger partial charge on any atom is -0.492 e. The van der Waals surface area contributed by atoms with Gasteiger partial charge in [-0.3, -0.25) is 0 Å². The van der Waals surface area contributed by atoms with E-state index in [4.69, 9.17) is 4.74 Å². The Labute approximate surface area is 104 Å². The highest BCUT2D eigenvalue weighted by Gasteiger charge is 2.08. The quantitative estimate of drug-likeness (QED) is 0.600. The van der Waals surface area contributed by atoms with Gasteiger partial charge in [-0.05, 0) is 43.9 Å². The second-order valence-corrected chi connectivity index (χ2v) is 4.52. The van der Waals surface area contributed by atoms with Crippen LogP contribution in [-0.4, -0.2) is 19.7 Å². The van der Waals surface area contributed by atoms with Crippen LogP contribution >= 0.6 is 0 Å². The molecule has 0 radical (unpaired) electrons. The fourth-order valence-corrected chi connectivity index (χ4v) is 2.11. The standard InChI is InChI=1S/C15H21NO/c1-3-7-14(8-4-1)13-16-11-12-17-15-9-5-2-6-10-15/h1-3,5-6,9-10,14,16H,4,7-8,11-13H2. The summed E-state index contributed by atoms with van der Waals surface area (Å²) in [6.45, 7) is 2.78. The van der Waals surface area contributed by atoms with Crippen molar-refractivity contribution >= 4 is 0 Å². The Hall–Kier alpha value is -1.28. The number of nitrogens with one attached hydrogen (secondary N) is 1. The molecule has 1 unspecified atom stereocenters. The van der Waals surface area contributed by atoms with Crippen molar-refractivity contribution < 1.29 is 4.74 Å².